The van der Waals surface area contributed by atoms with Gasteiger partial charge in [-0.15, -0.1) is 0 Å². The number of carbonyl (C=O) groups is 1. The number of nitrogens with one attached hydrogen (secondary N) is 2. The molecule has 19 heavy (non-hydrogen) atoms. The van der Waals surface area contributed by atoms with Crippen molar-refractivity contribution in [1.29, 1.82) is 0 Å². The lowest BCUT2D eigenvalue weighted by Gasteiger charge is -2.08. The predicted octanol–water partition coefficient (Wildman–Crippen LogP) is 1.20. The van der Waals surface area contributed by atoms with Crippen LogP contribution in [0.1, 0.15) is 5.56 Å². The lowest BCUT2D eigenvalue weighted by Crippen LogP contribution is -2.34. The van der Waals surface area contributed by atoms with Crippen LogP contribution < -0.4 is 10.0 Å². The third-order valence-corrected chi connectivity index (χ3v) is 3.65. The van der Waals surface area contributed by atoms with E-state index in [9.17, 15) is 13.2 Å². The highest BCUT2D eigenvalue weighted by Crippen LogP contribution is 2.24. The number of hydrogen-bond donors (Lipinski definition) is 2. The number of sulfonamides is 1. The predicted molar refractivity (Wildman–Crippen MR) is 76.0 cm³/mol. The van der Waals surface area contributed by atoms with Crippen LogP contribution in [0.4, 0.5) is 0 Å². The summed E-state index contributed by atoms with van der Waals surface area (Å²) < 4.78 is 23.9. The number of rotatable bonds is 6. The van der Waals surface area contributed by atoms with Crippen LogP contribution in [0.5, 0.6) is 0 Å². The molecule has 0 atom stereocenters. The first-order valence-electron chi connectivity index (χ1n) is 5.44. The Balaban J connectivity index is 2.44. The molecular weight excluding hydrogens is 311 g/mol. The Hall–Kier alpha value is -0.820. The van der Waals surface area contributed by atoms with Crippen LogP contribution in [0.25, 0.3) is 0 Å². The molecule has 0 heterocycles. The van der Waals surface area contributed by atoms with E-state index in [4.69, 9.17) is 23.2 Å². The SMILES string of the molecule is CS(=O)(=O)NCCNC(=O)Cc1c(Cl)cccc1Cl. The van der Waals surface area contributed by atoms with Crippen molar-refractivity contribution in [1.82, 2.24) is 10.0 Å². The van der Waals surface area contributed by atoms with Gasteiger partial charge in [-0.05, 0) is 17.7 Å². The second kappa shape index (κ2) is 7.09. The standard InChI is InChI=1S/C11H14Cl2N2O3S/c1-19(17,18)15-6-5-14-11(16)7-8-9(12)3-2-4-10(8)13/h2-4,15H,5-7H2,1H3,(H,14,16). The van der Waals surface area contributed by atoms with Crippen LogP contribution in [0, 0.1) is 0 Å². The molecule has 0 aliphatic rings. The van der Waals surface area contributed by atoms with Gasteiger partial charge in [0.15, 0.2) is 0 Å². The van der Waals surface area contributed by atoms with Gasteiger partial charge in [-0.3, -0.25) is 4.79 Å². The Kier molecular flexibility index (Phi) is 6.06. The Labute approximate surface area is 122 Å². The monoisotopic (exact) mass is 324 g/mol. The zero-order chi connectivity index (χ0) is 14.5. The van der Waals surface area contributed by atoms with Gasteiger partial charge in [-0.2, -0.15) is 0 Å². The van der Waals surface area contributed by atoms with Crippen molar-refractivity contribution >= 4 is 39.1 Å². The van der Waals surface area contributed by atoms with E-state index in [1.165, 1.54) is 0 Å². The van der Waals surface area contributed by atoms with E-state index >= 15 is 0 Å². The second-order valence-electron chi connectivity index (χ2n) is 3.89. The Morgan fingerprint density at radius 1 is 1.21 bits per heavy atom. The Morgan fingerprint density at radius 2 is 1.79 bits per heavy atom. The van der Waals surface area contributed by atoms with E-state index in [2.05, 4.69) is 10.0 Å². The Bertz CT molecular complexity index is 541. The summed E-state index contributed by atoms with van der Waals surface area (Å²) in [5.41, 5.74) is 0.555. The molecule has 0 unspecified atom stereocenters. The first kappa shape index (κ1) is 16.2. The maximum absolute atomic E-state index is 11.6. The number of benzene rings is 1. The van der Waals surface area contributed by atoms with E-state index in [1.54, 1.807) is 18.2 Å². The summed E-state index contributed by atoms with van der Waals surface area (Å²) in [6.45, 7) is 0.342. The molecule has 0 aliphatic heterocycles. The molecule has 0 bridgehead atoms. The van der Waals surface area contributed by atoms with Crippen LogP contribution in [0.15, 0.2) is 18.2 Å². The molecule has 1 aromatic rings. The molecule has 1 rings (SSSR count). The maximum atomic E-state index is 11.6. The quantitative estimate of drug-likeness (QED) is 0.772. The van der Waals surface area contributed by atoms with Crippen LogP contribution in [0.3, 0.4) is 0 Å². The van der Waals surface area contributed by atoms with Crippen molar-refractivity contribution in [3.8, 4) is 0 Å². The van der Waals surface area contributed by atoms with Crippen LogP contribution in [-0.2, 0) is 21.2 Å². The lowest BCUT2D eigenvalue weighted by molar-refractivity contribution is -0.120. The van der Waals surface area contributed by atoms with Crippen molar-refractivity contribution in [2.45, 2.75) is 6.42 Å². The van der Waals surface area contributed by atoms with Gasteiger partial charge in [-0.25, -0.2) is 13.1 Å². The van der Waals surface area contributed by atoms with Gasteiger partial charge < -0.3 is 5.32 Å². The minimum absolute atomic E-state index is 0.0530. The number of hydrogen-bond acceptors (Lipinski definition) is 3. The normalized spacial score (nSPS) is 11.3. The first-order valence-corrected chi connectivity index (χ1v) is 8.08. The highest BCUT2D eigenvalue weighted by Gasteiger charge is 2.10. The van der Waals surface area contributed by atoms with Gasteiger partial charge in [0.2, 0.25) is 15.9 Å². The van der Waals surface area contributed by atoms with Gasteiger partial charge in [0.1, 0.15) is 0 Å². The molecule has 0 aliphatic carbocycles. The molecule has 0 saturated carbocycles. The van der Waals surface area contributed by atoms with E-state index in [0.717, 1.165) is 6.26 Å². The van der Waals surface area contributed by atoms with E-state index < -0.39 is 10.0 Å². The number of amides is 1. The van der Waals surface area contributed by atoms with Gasteiger partial charge in [-0.1, -0.05) is 29.3 Å². The summed E-state index contributed by atoms with van der Waals surface area (Å²) in [6, 6.07) is 5.00. The summed E-state index contributed by atoms with van der Waals surface area (Å²) in [6.07, 6.45) is 1.11. The highest BCUT2D eigenvalue weighted by atomic mass is 35.5. The van der Waals surface area contributed by atoms with Crippen molar-refractivity contribution in [3.05, 3.63) is 33.8 Å². The molecule has 8 heteroatoms. The topological polar surface area (TPSA) is 75.3 Å². The van der Waals surface area contributed by atoms with Gasteiger partial charge in [0, 0.05) is 23.1 Å². The molecule has 0 aromatic heterocycles. The average molecular weight is 325 g/mol. The van der Waals surface area contributed by atoms with Gasteiger partial charge >= 0.3 is 0 Å². The summed E-state index contributed by atoms with van der Waals surface area (Å²) in [7, 11) is -3.24. The fourth-order valence-corrected chi connectivity index (χ4v) is 2.37. The molecule has 2 N–H and O–H groups in total. The fraction of sp³-hybridized carbons (Fsp3) is 0.364. The summed E-state index contributed by atoms with van der Waals surface area (Å²) in [5, 5.41) is 3.43. The highest BCUT2D eigenvalue weighted by molar-refractivity contribution is 7.88. The Morgan fingerprint density at radius 3 is 2.32 bits per heavy atom. The van der Waals surface area contributed by atoms with Crippen molar-refractivity contribution in [2.75, 3.05) is 19.3 Å². The van der Waals surface area contributed by atoms with Crippen molar-refractivity contribution in [2.24, 2.45) is 0 Å². The molecule has 1 aromatic carbocycles. The maximum Gasteiger partial charge on any atom is 0.224 e. The summed E-state index contributed by atoms with van der Waals surface area (Å²) in [4.78, 5) is 11.6. The number of carbonyl (C=O) groups excluding carboxylic acids is 1. The van der Waals surface area contributed by atoms with Crippen LogP contribution in [-0.4, -0.2) is 33.7 Å². The third kappa shape index (κ3) is 6.24. The van der Waals surface area contributed by atoms with Crippen LogP contribution >= 0.6 is 23.2 Å². The first-order chi connectivity index (χ1) is 8.79. The van der Waals surface area contributed by atoms with Gasteiger partial charge in [0.25, 0.3) is 0 Å². The minimum atomic E-state index is -3.24. The van der Waals surface area contributed by atoms with Crippen molar-refractivity contribution in [3.63, 3.8) is 0 Å². The summed E-state index contributed by atoms with van der Waals surface area (Å²) >= 11 is 11.9. The molecule has 1 amide bonds. The number of halogens is 2. The van der Waals surface area contributed by atoms with Crippen LogP contribution in [0.2, 0.25) is 10.0 Å². The zero-order valence-corrected chi connectivity index (χ0v) is 12.6. The van der Waals surface area contributed by atoms with E-state index in [1.807, 2.05) is 0 Å². The zero-order valence-electron chi connectivity index (χ0n) is 10.2. The van der Waals surface area contributed by atoms with E-state index in [0.29, 0.717) is 15.6 Å². The van der Waals surface area contributed by atoms with E-state index in [-0.39, 0.29) is 25.4 Å². The molecule has 0 radical (unpaired) electrons. The molecule has 106 valence electrons. The van der Waals surface area contributed by atoms with Crippen molar-refractivity contribution < 1.29 is 13.2 Å². The molecule has 0 fully saturated rings. The fourth-order valence-electron chi connectivity index (χ4n) is 1.36. The smallest absolute Gasteiger partial charge is 0.224 e. The van der Waals surface area contributed by atoms with Gasteiger partial charge in [0.05, 0.1) is 12.7 Å². The minimum Gasteiger partial charge on any atom is -0.354 e. The molecule has 0 saturated heterocycles. The molecule has 0 spiro atoms. The third-order valence-electron chi connectivity index (χ3n) is 2.21. The molecule has 5 nitrogen and oxygen atoms in total. The molecular formula is C11H14Cl2N2O3S. The second-order valence-corrected chi connectivity index (χ2v) is 6.54. The summed E-state index contributed by atoms with van der Waals surface area (Å²) in [5.74, 6) is -0.273. The lowest BCUT2D eigenvalue weighted by atomic mass is 10.1. The average Bonchev–Trinajstić information content (AvgIpc) is 2.28. The largest absolute Gasteiger partial charge is 0.354 e.